The lowest BCUT2D eigenvalue weighted by Crippen LogP contribution is -2.69. The first-order chi connectivity index (χ1) is 19.9. The zero-order chi connectivity index (χ0) is 28.2. The summed E-state index contributed by atoms with van der Waals surface area (Å²) in [5.74, 6) is -0.988. The molecule has 3 atom stereocenters. The van der Waals surface area contributed by atoms with E-state index in [1.807, 2.05) is 17.0 Å². The maximum absolute atomic E-state index is 13.7. The summed E-state index contributed by atoms with van der Waals surface area (Å²) < 4.78 is 13.5. The van der Waals surface area contributed by atoms with Gasteiger partial charge in [-0.1, -0.05) is 24.3 Å². The molecule has 0 aromatic heterocycles. The molecule has 2 aromatic carbocycles. The first-order valence-corrected chi connectivity index (χ1v) is 14.6. The molecule has 1 aliphatic carbocycles. The highest BCUT2D eigenvalue weighted by Crippen LogP contribution is 2.38. The third kappa shape index (κ3) is 4.66. The van der Waals surface area contributed by atoms with Crippen molar-refractivity contribution < 1.29 is 23.6 Å². The topological polar surface area (TPSA) is 90.0 Å². The minimum atomic E-state index is -0.614. The van der Waals surface area contributed by atoms with Crippen molar-refractivity contribution in [3.63, 3.8) is 0 Å². The lowest BCUT2D eigenvalue weighted by molar-refractivity contribution is -0.141. The van der Waals surface area contributed by atoms with Crippen molar-refractivity contribution in [2.75, 3.05) is 13.1 Å². The molecule has 6 aliphatic rings. The smallest absolute Gasteiger partial charge is 0.255 e. The van der Waals surface area contributed by atoms with Gasteiger partial charge in [-0.15, -0.1) is 0 Å². The number of fused-ring (bicyclic) bond motifs is 3. The van der Waals surface area contributed by atoms with E-state index in [1.54, 1.807) is 17.0 Å². The van der Waals surface area contributed by atoms with Crippen LogP contribution >= 0.6 is 0 Å². The van der Waals surface area contributed by atoms with Gasteiger partial charge in [0, 0.05) is 55.8 Å². The Balaban J connectivity index is 1.01. The molecule has 212 valence electrons. The fourth-order valence-corrected chi connectivity index (χ4v) is 7.35. The second kappa shape index (κ2) is 10.2. The highest BCUT2D eigenvalue weighted by atomic mass is 19.1. The molecule has 2 aromatic rings. The SMILES string of the molecule is O=C1CCC(N2Cc3cc(CN4C5CC4CN(C(=O)C4=C(c6ccc(F)cc6)CCCC4)C5)ccc3C2=O)C(=O)N1. The normalized spacial score (nSPS) is 26.2. The van der Waals surface area contributed by atoms with Crippen LogP contribution in [-0.4, -0.2) is 69.5 Å². The van der Waals surface area contributed by atoms with Crippen molar-refractivity contribution in [1.29, 1.82) is 0 Å². The highest BCUT2D eigenvalue weighted by molar-refractivity contribution is 6.05. The number of imide groups is 1. The van der Waals surface area contributed by atoms with Crippen molar-refractivity contribution in [1.82, 2.24) is 20.0 Å². The zero-order valence-electron chi connectivity index (χ0n) is 22.9. The molecule has 41 heavy (non-hydrogen) atoms. The average molecular weight is 557 g/mol. The van der Waals surface area contributed by atoms with Crippen molar-refractivity contribution in [2.24, 2.45) is 0 Å². The summed E-state index contributed by atoms with van der Waals surface area (Å²) in [5, 5.41) is 2.35. The van der Waals surface area contributed by atoms with Crippen LogP contribution in [0.2, 0.25) is 0 Å². The number of carbonyl (C=O) groups excluding carboxylic acids is 4. The van der Waals surface area contributed by atoms with Gasteiger partial charge in [-0.3, -0.25) is 29.4 Å². The molecule has 0 radical (unpaired) electrons. The molecule has 5 aliphatic heterocycles. The molecule has 8 nitrogen and oxygen atoms in total. The van der Waals surface area contributed by atoms with Crippen LogP contribution in [-0.2, 0) is 27.5 Å². The number of halogens is 1. The lowest BCUT2D eigenvalue weighted by atomic mass is 9.83. The van der Waals surface area contributed by atoms with Gasteiger partial charge >= 0.3 is 0 Å². The molecule has 0 saturated carbocycles. The molecule has 9 heteroatoms. The number of benzene rings is 2. The number of hydrogen-bond acceptors (Lipinski definition) is 5. The lowest BCUT2D eigenvalue weighted by Gasteiger charge is -2.56. The average Bonchev–Trinajstić information content (AvgIpc) is 3.31. The third-order valence-electron chi connectivity index (χ3n) is 9.50. The van der Waals surface area contributed by atoms with Gasteiger partial charge in [0.15, 0.2) is 0 Å². The van der Waals surface area contributed by atoms with Crippen molar-refractivity contribution in [2.45, 2.75) is 76.2 Å². The summed E-state index contributed by atoms with van der Waals surface area (Å²) in [4.78, 5) is 56.7. The van der Waals surface area contributed by atoms with E-state index in [4.69, 9.17) is 0 Å². The number of piperazine rings is 1. The Morgan fingerprint density at radius 2 is 1.71 bits per heavy atom. The summed E-state index contributed by atoms with van der Waals surface area (Å²) >= 11 is 0. The number of piperidine rings is 2. The summed E-state index contributed by atoms with van der Waals surface area (Å²) in [7, 11) is 0. The number of nitrogens with zero attached hydrogens (tertiary/aromatic N) is 3. The maximum Gasteiger partial charge on any atom is 0.255 e. The molecule has 4 fully saturated rings. The van der Waals surface area contributed by atoms with Gasteiger partial charge < -0.3 is 9.80 Å². The van der Waals surface area contributed by atoms with Gasteiger partial charge in [-0.05, 0) is 79.0 Å². The number of carbonyl (C=O) groups is 4. The van der Waals surface area contributed by atoms with Crippen LogP contribution in [0.3, 0.4) is 0 Å². The maximum atomic E-state index is 13.7. The Kier molecular flexibility index (Phi) is 6.49. The van der Waals surface area contributed by atoms with Crippen LogP contribution in [0.1, 0.15) is 72.0 Å². The molecule has 4 saturated heterocycles. The van der Waals surface area contributed by atoms with Crippen LogP contribution in [0.4, 0.5) is 4.39 Å². The third-order valence-corrected chi connectivity index (χ3v) is 9.50. The van der Waals surface area contributed by atoms with Crippen molar-refractivity contribution in [3.05, 3.63) is 76.1 Å². The number of rotatable bonds is 5. The first kappa shape index (κ1) is 26.1. The quantitative estimate of drug-likeness (QED) is 0.571. The van der Waals surface area contributed by atoms with Crippen LogP contribution in [0, 0.1) is 5.82 Å². The zero-order valence-corrected chi connectivity index (χ0v) is 22.9. The van der Waals surface area contributed by atoms with E-state index in [0.717, 1.165) is 66.5 Å². The Labute approximate surface area is 238 Å². The summed E-state index contributed by atoms with van der Waals surface area (Å²) in [6.45, 7) is 2.51. The monoisotopic (exact) mass is 556 g/mol. The molecule has 2 bridgehead atoms. The molecular weight excluding hydrogens is 523 g/mol. The number of nitrogens with one attached hydrogen (secondary N) is 1. The summed E-state index contributed by atoms with van der Waals surface area (Å²) in [5.41, 5.74) is 5.55. The molecule has 5 heterocycles. The largest absolute Gasteiger partial charge is 0.336 e. The summed E-state index contributed by atoms with van der Waals surface area (Å²) in [6, 6.07) is 12.4. The van der Waals surface area contributed by atoms with Crippen LogP contribution < -0.4 is 5.32 Å². The molecule has 1 N–H and O–H groups in total. The molecule has 0 spiro atoms. The van der Waals surface area contributed by atoms with E-state index < -0.39 is 11.9 Å². The molecule has 4 amide bonds. The van der Waals surface area contributed by atoms with Crippen molar-refractivity contribution >= 4 is 29.2 Å². The van der Waals surface area contributed by atoms with E-state index in [0.29, 0.717) is 43.7 Å². The van der Waals surface area contributed by atoms with E-state index in [1.165, 1.54) is 12.1 Å². The first-order valence-electron chi connectivity index (χ1n) is 14.6. The Bertz CT molecular complexity index is 1470. The molecular formula is C32H33FN4O4. The summed E-state index contributed by atoms with van der Waals surface area (Å²) in [6.07, 6.45) is 5.32. The van der Waals surface area contributed by atoms with E-state index >= 15 is 0 Å². The number of hydrogen-bond donors (Lipinski definition) is 1. The minimum absolute atomic E-state index is 0.128. The Morgan fingerprint density at radius 1 is 0.951 bits per heavy atom. The predicted octanol–water partition coefficient (Wildman–Crippen LogP) is 3.40. The van der Waals surface area contributed by atoms with Crippen LogP contribution in [0.25, 0.3) is 5.57 Å². The van der Waals surface area contributed by atoms with E-state index in [9.17, 15) is 23.6 Å². The molecule has 3 unspecified atom stereocenters. The fraction of sp³-hybridized carbons (Fsp3) is 0.438. The fourth-order valence-electron chi connectivity index (χ4n) is 7.35. The number of allylic oxidation sites excluding steroid dienone is 1. The van der Waals surface area contributed by atoms with Gasteiger partial charge in [0.25, 0.3) is 5.91 Å². The van der Waals surface area contributed by atoms with Gasteiger partial charge in [-0.2, -0.15) is 0 Å². The standard InChI is InChI=1S/C32H33FN4O4/c33-22-8-6-20(7-9-22)25-3-1-2-4-27(25)31(40)35-17-23-14-24(18-35)36(23)15-19-5-10-26-21(13-19)16-37(32(26)41)28-11-12-29(38)34-30(28)39/h5-10,13,23-24,28H,1-4,11-12,14-18H2,(H,34,38,39). The van der Waals surface area contributed by atoms with Gasteiger partial charge in [0.2, 0.25) is 17.7 Å². The van der Waals surface area contributed by atoms with Gasteiger partial charge in [0.1, 0.15) is 11.9 Å². The van der Waals surface area contributed by atoms with Gasteiger partial charge in [0.05, 0.1) is 0 Å². The predicted molar refractivity (Wildman–Crippen MR) is 149 cm³/mol. The minimum Gasteiger partial charge on any atom is -0.336 e. The van der Waals surface area contributed by atoms with Crippen LogP contribution in [0.15, 0.2) is 48.0 Å². The van der Waals surface area contributed by atoms with E-state index in [-0.39, 0.29) is 30.0 Å². The number of amides is 4. The van der Waals surface area contributed by atoms with E-state index in [2.05, 4.69) is 16.3 Å². The molecule has 8 rings (SSSR count). The highest BCUT2D eigenvalue weighted by Gasteiger charge is 2.46. The second-order valence-corrected chi connectivity index (χ2v) is 12.0. The van der Waals surface area contributed by atoms with Crippen LogP contribution in [0.5, 0.6) is 0 Å². The van der Waals surface area contributed by atoms with Crippen molar-refractivity contribution in [3.8, 4) is 0 Å². The Morgan fingerprint density at radius 3 is 2.46 bits per heavy atom. The Hall–Kier alpha value is -3.85. The second-order valence-electron chi connectivity index (χ2n) is 12.0. The van der Waals surface area contributed by atoms with Gasteiger partial charge in [-0.25, -0.2) is 4.39 Å².